The molecule has 0 saturated carbocycles. The summed E-state index contributed by atoms with van der Waals surface area (Å²) < 4.78 is 26.4. The second-order valence-electron chi connectivity index (χ2n) is 2.87. The summed E-state index contributed by atoms with van der Waals surface area (Å²) in [6, 6.07) is 4.54. The maximum absolute atomic E-state index is 12.9. The fraction of sp³-hybridized carbons (Fsp3) is 0.333. The Bertz CT molecular complexity index is 307. The van der Waals surface area contributed by atoms with Crippen LogP contribution in [0, 0.1) is 0 Å². The van der Waals surface area contributed by atoms with Crippen molar-refractivity contribution in [1.29, 1.82) is 0 Å². The van der Waals surface area contributed by atoms with Crippen LogP contribution >= 0.6 is 27.5 Å². The quantitative estimate of drug-likeness (QED) is 0.702. The van der Waals surface area contributed by atoms with Crippen molar-refractivity contribution in [3.05, 3.63) is 33.8 Å². The fourth-order valence-electron chi connectivity index (χ4n) is 0.981. The molecule has 0 atom stereocenters. The molecular weight excluding hydrogens is 261 g/mol. The van der Waals surface area contributed by atoms with Gasteiger partial charge in [-0.25, -0.2) is 8.78 Å². The molecule has 72 valence electrons. The zero-order chi connectivity index (χ0) is 10.1. The highest BCUT2D eigenvalue weighted by atomic mass is 79.9. The van der Waals surface area contributed by atoms with Gasteiger partial charge in [-0.05, 0) is 23.8 Å². The van der Waals surface area contributed by atoms with Crippen LogP contribution < -0.4 is 0 Å². The first-order valence-electron chi connectivity index (χ1n) is 3.67. The third-order valence-corrected chi connectivity index (χ3v) is 2.39. The van der Waals surface area contributed by atoms with Crippen molar-refractivity contribution < 1.29 is 8.78 Å². The van der Waals surface area contributed by atoms with Gasteiger partial charge >= 0.3 is 0 Å². The van der Waals surface area contributed by atoms with E-state index in [1.165, 1.54) is 12.1 Å². The van der Waals surface area contributed by atoms with Gasteiger partial charge in [0.2, 0.25) is 0 Å². The highest BCUT2D eigenvalue weighted by molar-refractivity contribution is 9.10. The minimum absolute atomic E-state index is 0.0162. The zero-order valence-corrected chi connectivity index (χ0v) is 9.29. The van der Waals surface area contributed by atoms with E-state index in [4.69, 9.17) is 11.6 Å². The molecule has 0 amide bonds. The van der Waals surface area contributed by atoms with Crippen molar-refractivity contribution in [2.24, 2.45) is 0 Å². The second kappa shape index (κ2) is 3.93. The summed E-state index contributed by atoms with van der Waals surface area (Å²) in [6.45, 7) is 0.868. The summed E-state index contributed by atoms with van der Waals surface area (Å²) in [5.41, 5.74) is 0.671. The Morgan fingerprint density at radius 3 is 2.46 bits per heavy atom. The Hall–Kier alpha value is -0.150. The summed E-state index contributed by atoms with van der Waals surface area (Å²) in [4.78, 5) is 0. The van der Waals surface area contributed by atoms with Crippen LogP contribution in [0.25, 0.3) is 0 Å². The molecule has 0 N–H and O–H groups in total. The molecule has 0 aliphatic heterocycles. The molecule has 0 aliphatic carbocycles. The van der Waals surface area contributed by atoms with Gasteiger partial charge in [0.05, 0.1) is 0 Å². The van der Waals surface area contributed by atoms with E-state index in [9.17, 15) is 8.78 Å². The number of halogens is 4. The van der Waals surface area contributed by atoms with E-state index >= 15 is 0 Å². The lowest BCUT2D eigenvalue weighted by Crippen LogP contribution is -2.07. The van der Waals surface area contributed by atoms with E-state index in [1.807, 2.05) is 0 Å². The summed E-state index contributed by atoms with van der Waals surface area (Å²) in [5.74, 6) is -2.58. The monoisotopic (exact) mass is 268 g/mol. The maximum atomic E-state index is 12.9. The van der Waals surface area contributed by atoms with Crippen molar-refractivity contribution in [1.82, 2.24) is 0 Å². The van der Waals surface area contributed by atoms with Gasteiger partial charge in [-0.1, -0.05) is 15.9 Å². The number of alkyl halides is 3. The van der Waals surface area contributed by atoms with Gasteiger partial charge in [-0.3, -0.25) is 0 Å². The van der Waals surface area contributed by atoms with Crippen LogP contribution in [0.4, 0.5) is 8.78 Å². The van der Waals surface area contributed by atoms with Crippen molar-refractivity contribution in [3.8, 4) is 0 Å². The van der Waals surface area contributed by atoms with Crippen LogP contribution in [0.2, 0.25) is 0 Å². The Balaban J connectivity index is 3.16. The zero-order valence-electron chi connectivity index (χ0n) is 6.95. The fourth-order valence-corrected chi connectivity index (χ4v) is 1.68. The third-order valence-electron chi connectivity index (χ3n) is 1.62. The van der Waals surface area contributed by atoms with Gasteiger partial charge < -0.3 is 0 Å². The normalized spacial score (nSPS) is 11.8. The molecule has 1 aromatic rings. The van der Waals surface area contributed by atoms with Crippen LogP contribution in [0.15, 0.2) is 22.7 Å². The third kappa shape index (κ3) is 2.92. The van der Waals surface area contributed by atoms with Crippen molar-refractivity contribution in [3.63, 3.8) is 0 Å². The second-order valence-corrected chi connectivity index (χ2v) is 4.05. The Labute approximate surface area is 89.0 Å². The van der Waals surface area contributed by atoms with E-state index in [0.717, 1.165) is 6.92 Å². The molecule has 0 spiro atoms. The van der Waals surface area contributed by atoms with Crippen LogP contribution in [0.5, 0.6) is 0 Å². The smallest absolute Gasteiger partial charge is 0.202 e. The largest absolute Gasteiger partial charge is 0.270 e. The number of hydrogen-bond acceptors (Lipinski definition) is 0. The Morgan fingerprint density at radius 2 is 2.00 bits per heavy atom. The molecule has 1 rings (SSSR count). The Kier molecular flexibility index (Phi) is 3.30. The lowest BCUT2D eigenvalue weighted by molar-refractivity contribution is 0.0173. The first kappa shape index (κ1) is 10.9. The summed E-state index contributed by atoms with van der Waals surface area (Å²) in [6.07, 6.45) is 0. The van der Waals surface area contributed by atoms with Crippen molar-refractivity contribution >= 4 is 27.5 Å². The molecule has 4 heteroatoms. The maximum Gasteiger partial charge on any atom is 0.270 e. The first-order valence-corrected chi connectivity index (χ1v) is 5.00. The predicted octanol–water partition coefficient (Wildman–Crippen LogP) is 4.30. The van der Waals surface area contributed by atoms with Gasteiger partial charge in [-0.2, -0.15) is 0 Å². The summed E-state index contributed by atoms with van der Waals surface area (Å²) in [5, 5.41) is 0. The molecular formula is C9H8BrClF2. The molecule has 13 heavy (non-hydrogen) atoms. The molecule has 0 unspecified atom stereocenters. The molecule has 0 saturated heterocycles. The van der Waals surface area contributed by atoms with Gasteiger partial charge in [-0.15, -0.1) is 11.6 Å². The SMILES string of the molecule is CC(F)(F)c1cc(Br)cc(CCl)c1. The number of benzene rings is 1. The van der Waals surface area contributed by atoms with Gasteiger partial charge in [0.15, 0.2) is 0 Å². The van der Waals surface area contributed by atoms with Crippen molar-refractivity contribution in [2.75, 3.05) is 0 Å². The Morgan fingerprint density at radius 1 is 1.38 bits per heavy atom. The average molecular weight is 270 g/mol. The van der Waals surface area contributed by atoms with Gasteiger partial charge in [0, 0.05) is 22.8 Å². The first-order chi connectivity index (χ1) is 5.93. The van der Waals surface area contributed by atoms with Gasteiger partial charge in [0.1, 0.15) is 0 Å². The number of rotatable bonds is 2. The lowest BCUT2D eigenvalue weighted by Gasteiger charge is -2.12. The molecule has 0 fully saturated rings. The number of hydrogen-bond donors (Lipinski definition) is 0. The van der Waals surface area contributed by atoms with Crippen LogP contribution in [0.3, 0.4) is 0 Å². The minimum Gasteiger partial charge on any atom is -0.202 e. The summed E-state index contributed by atoms with van der Waals surface area (Å²) in [7, 11) is 0. The lowest BCUT2D eigenvalue weighted by atomic mass is 10.1. The molecule has 1 aromatic carbocycles. The van der Waals surface area contributed by atoms with E-state index in [1.54, 1.807) is 6.07 Å². The standard InChI is InChI=1S/C9H8BrClF2/c1-9(12,13)7-2-6(5-11)3-8(10)4-7/h2-4H,5H2,1H3. The highest BCUT2D eigenvalue weighted by Crippen LogP contribution is 2.30. The van der Waals surface area contributed by atoms with Crippen molar-refractivity contribution in [2.45, 2.75) is 18.7 Å². The van der Waals surface area contributed by atoms with Crippen LogP contribution in [-0.2, 0) is 11.8 Å². The molecule has 0 nitrogen and oxygen atoms in total. The van der Waals surface area contributed by atoms with E-state index in [2.05, 4.69) is 15.9 Å². The average Bonchev–Trinajstić information content (AvgIpc) is 2.01. The summed E-state index contributed by atoms with van der Waals surface area (Å²) >= 11 is 8.71. The van der Waals surface area contributed by atoms with Crippen LogP contribution in [-0.4, -0.2) is 0 Å². The highest BCUT2D eigenvalue weighted by Gasteiger charge is 2.24. The molecule has 0 radical (unpaired) electrons. The van der Waals surface area contributed by atoms with Crippen LogP contribution in [0.1, 0.15) is 18.1 Å². The predicted molar refractivity (Wildman–Crippen MR) is 53.3 cm³/mol. The molecule has 0 heterocycles. The molecule has 0 aromatic heterocycles. The van der Waals surface area contributed by atoms with E-state index in [-0.39, 0.29) is 11.4 Å². The topological polar surface area (TPSA) is 0 Å². The van der Waals surface area contributed by atoms with E-state index in [0.29, 0.717) is 10.0 Å². The molecule has 0 aliphatic rings. The molecule has 0 bridgehead atoms. The minimum atomic E-state index is -2.81. The van der Waals surface area contributed by atoms with Gasteiger partial charge in [0.25, 0.3) is 5.92 Å². The van der Waals surface area contributed by atoms with E-state index < -0.39 is 5.92 Å².